The first kappa shape index (κ1) is 10.5. The topological polar surface area (TPSA) is 25.8 Å². The molecule has 0 aromatic carbocycles. The standard InChI is InChI=1S/C8H8N2S4/c1-11-8-10-9-6(14-8)5-13-7-3-2-4-12-7/h2-4H,5H2,1H3. The van der Waals surface area contributed by atoms with E-state index < -0.39 is 0 Å². The predicted octanol–water partition coefficient (Wildman–Crippen LogP) is 3.61. The molecule has 0 unspecified atom stereocenters. The zero-order chi connectivity index (χ0) is 9.80. The molecule has 2 rings (SSSR count). The Hall–Kier alpha value is -0.0400. The van der Waals surface area contributed by atoms with Gasteiger partial charge >= 0.3 is 0 Å². The summed E-state index contributed by atoms with van der Waals surface area (Å²) in [4.78, 5) is 0. The summed E-state index contributed by atoms with van der Waals surface area (Å²) in [6.45, 7) is 0. The molecule has 0 fully saturated rings. The van der Waals surface area contributed by atoms with Gasteiger partial charge in [0.25, 0.3) is 0 Å². The molecule has 14 heavy (non-hydrogen) atoms. The Morgan fingerprint density at radius 3 is 3.00 bits per heavy atom. The van der Waals surface area contributed by atoms with E-state index in [4.69, 9.17) is 0 Å². The van der Waals surface area contributed by atoms with Crippen molar-refractivity contribution in [1.29, 1.82) is 0 Å². The third kappa shape index (κ3) is 2.73. The summed E-state index contributed by atoms with van der Waals surface area (Å²) in [5.74, 6) is 0.929. The first-order chi connectivity index (χ1) is 6.88. The molecular weight excluding hydrogens is 252 g/mol. The van der Waals surface area contributed by atoms with Crippen LogP contribution in [-0.4, -0.2) is 16.5 Å². The molecule has 2 nitrogen and oxygen atoms in total. The smallest absolute Gasteiger partial charge is 0.142 e. The second kappa shape index (κ2) is 5.16. The van der Waals surface area contributed by atoms with Crippen LogP contribution in [-0.2, 0) is 5.75 Å². The van der Waals surface area contributed by atoms with E-state index >= 15 is 0 Å². The lowest BCUT2D eigenvalue weighted by Gasteiger charge is -1.91. The van der Waals surface area contributed by atoms with Gasteiger partial charge in [0.05, 0.1) is 9.96 Å². The van der Waals surface area contributed by atoms with E-state index in [1.165, 1.54) is 4.21 Å². The van der Waals surface area contributed by atoms with E-state index in [0.29, 0.717) is 0 Å². The van der Waals surface area contributed by atoms with Gasteiger partial charge in [-0.25, -0.2) is 0 Å². The molecule has 0 amide bonds. The van der Waals surface area contributed by atoms with E-state index in [1.54, 1.807) is 34.4 Å². The average molecular weight is 260 g/mol. The highest BCUT2D eigenvalue weighted by atomic mass is 32.2. The molecule has 6 heteroatoms. The quantitative estimate of drug-likeness (QED) is 0.784. The number of nitrogens with zero attached hydrogens (tertiary/aromatic N) is 2. The normalized spacial score (nSPS) is 10.6. The van der Waals surface area contributed by atoms with E-state index in [1.807, 2.05) is 18.0 Å². The van der Waals surface area contributed by atoms with Crippen LogP contribution in [0.15, 0.2) is 26.1 Å². The van der Waals surface area contributed by atoms with Crippen LogP contribution in [0.3, 0.4) is 0 Å². The van der Waals surface area contributed by atoms with Crippen molar-refractivity contribution in [2.75, 3.05) is 6.26 Å². The Morgan fingerprint density at radius 2 is 2.36 bits per heavy atom. The fourth-order valence-corrected chi connectivity index (χ4v) is 3.94. The molecule has 2 aromatic rings. The van der Waals surface area contributed by atoms with Crippen molar-refractivity contribution in [3.05, 3.63) is 22.5 Å². The van der Waals surface area contributed by atoms with Crippen LogP contribution >= 0.6 is 46.2 Å². The molecule has 0 aliphatic carbocycles. The summed E-state index contributed by atoms with van der Waals surface area (Å²) in [6.07, 6.45) is 2.02. The van der Waals surface area contributed by atoms with Crippen LogP contribution in [0.1, 0.15) is 5.01 Å². The average Bonchev–Trinajstić information content (AvgIpc) is 2.86. The highest BCUT2D eigenvalue weighted by molar-refractivity contribution is 8.01. The van der Waals surface area contributed by atoms with Gasteiger partial charge in [-0.1, -0.05) is 29.2 Å². The van der Waals surface area contributed by atoms with Gasteiger partial charge in [0.1, 0.15) is 5.01 Å². The number of rotatable bonds is 4. The van der Waals surface area contributed by atoms with Crippen molar-refractivity contribution in [2.45, 2.75) is 14.3 Å². The van der Waals surface area contributed by atoms with Crippen molar-refractivity contribution >= 4 is 46.2 Å². The summed E-state index contributed by atoms with van der Waals surface area (Å²) in [6, 6.07) is 4.20. The summed E-state index contributed by atoms with van der Waals surface area (Å²) in [5, 5.41) is 11.4. The van der Waals surface area contributed by atoms with E-state index in [2.05, 4.69) is 27.7 Å². The van der Waals surface area contributed by atoms with Crippen molar-refractivity contribution in [2.24, 2.45) is 0 Å². The lowest BCUT2D eigenvalue weighted by Crippen LogP contribution is -1.76. The van der Waals surface area contributed by atoms with Gasteiger partial charge in [-0.15, -0.1) is 33.3 Å². The summed E-state index contributed by atoms with van der Waals surface area (Å²) in [7, 11) is 0. The molecule has 0 radical (unpaired) electrons. The number of hydrogen-bond acceptors (Lipinski definition) is 6. The molecule has 2 aromatic heterocycles. The van der Waals surface area contributed by atoms with Gasteiger partial charge < -0.3 is 0 Å². The van der Waals surface area contributed by atoms with E-state index in [9.17, 15) is 0 Å². The number of thiophene rings is 1. The summed E-state index contributed by atoms with van der Waals surface area (Å²) in [5.41, 5.74) is 0. The number of hydrogen-bond donors (Lipinski definition) is 0. The van der Waals surface area contributed by atoms with Crippen molar-refractivity contribution in [3.63, 3.8) is 0 Å². The van der Waals surface area contributed by atoms with Crippen molar-refractivity contribution in [1.82, 2.24) is 10.2 Å². The second-order valence-electron chi connectivity index (χ2n) is 2.39. The van der Waals surface area contributed by atoms with E-state index in [0.717, 1.165) is 15.1 Å². The maximum atomic E-state index is 4.12. The fourth-order valence-electron chi connectivity index (χ4n) is 0.858. The van der Waals surface area contributed by atoms with Gasteiger partial charge in [-0.2, -0.15) is 0 Å². The Kier molecular flexibility index (Phi) is 3.86. The first-order valence-electron chi connectivity index (χ1n) is 3.91. The fraction of sp³-hybridized carbons (Fsp3) is 0.250. The van der Waals surface area contributed by atoms with Crippen LogP contribution < -0.4 is 0 Å². The minimum atomic E-state index is 0.929. The van der Waals surface area contributed by atoms with Crippen LogP contribution in [0, 0.1) is 0 Å². The lowest BCUT2D eigenvalue weighted by atomic mass is 10.7. The number of aromatic nitrogens is 2. The Morgan fingerprint density at radius 1 is 1.43 bits per heavy atom. The predicted molar refractivity (Wildman–Crippen MR) is 65.6 cm³/mol. The van der Waals surface area contributed by atoms with Crippen LogP contribution in [0.25, 0.3) is 0 Å². The van der Waals surface area contributed by atoms with Gasteiger partial charge in [-0.3, -0.25) is 0 Å². The van der Waals surface area contributed by atoms with Gasteiger partial charge in [-0.05, 0) is 17.7 Å². The van der Waals surface area contributed by atoms with Crippen LogP contribution in [0.4, 0.5) is 0 Å². The largest absolute Gasteiger partial charge is 0.174 e. The highest BCUT2D eigenvalue weighted by Crippen LogP contribution is 2.29. The second-order valence-corrected chi connectivity index (χ2v) is 6.73. The molecule has 74 valence electrons. The molecule has 2 heterocycles. The monoisotopic (exact) mass is 260 g/mol. The summed E-state index contributed by atoms with van der Waals surface area (Å²) < 4.78 is 2.39. The highest BCUT2D eigenvalue weighted by Gasteiger charge is 2.03. The van der Waals surface area contributed by atoms with Crippen LogP contribution in [0.2, 0.25) is 0 Å². The summed E-state index contributed by atoms with van der Waals surface area (Å²) >= 11 is 6.92. The third-order valence-corrected chi connectivity index (χ3v) is 5.68. The number of thioether (sulfide) groups is 2. The molecule has 0 saturated carbocycles. The first-order valence-corrected chi connectivity index (χ1v) is 7.82. The van der Waals surface area contributed by atoms with Gasteiger partial charge in [0.15, 0.2) is 4.34 Å². The molecule has 0 N–H and O–H groups in total. The lowest BCUT2D eigenvalue weighted by molar-refractivity contribution is 0.980. The molecule has 0 atom stereocenters. The van der Waals surface area contributed by atoms with E-state index in [-0.39, 0.29) is 0 Å². The minimum absolute atomic E-state index is 0.929. The molecule has 0 bridgehead atoms. The Bertz CT molecular complexity index is 382. The molecule has 0 spiro atoms. The van der Waals surface area contributed by atoms with Crippen molar-refractivity contribution in [3.8, 4) is 0 Å². The van der Waals surface area contributed by atoms with Crippen molar-refractivity contribution < 1.29 is 0 Å². The third-order valence-electron chi connectivity index (χ3n) is 1.46. The maximum Gasteiger partial charge on any atom is 0.174 e. The van der Waals surface area contributed by atoms with Gasteiger partial charge in [0, 0.05) is 0 Å². The zero-order valence-corrected chi connectivity index (χ0v) is 10.7. The SMILES string of the molecule is CSc1nnc(CSc2cccs2)s1. The minimum Gasteiger partial charge on any atom is -0.142 e. The Labute approximate surface area is 99.2 Å². The molecule has 0 saturated heterocycles. The maximum absolute atomic E-state index is 4.12. The molecule has 0 aliphatic heterocycles. The van der Waals surface area contributed by atoms with Gasteiger partial charge in [0.2, 0.25) is 0 Å². The molecular formula is C8H8N2S4. The zero-order valence-electron chi connectivity index (χ0n) is 7.47. The Balaban J connectivity index is 1.92. The van der Waals surface area contributed by atoms with Crippen LogP contribution in [0.5, 0.6) is 0 Å². The molecule has 0 aliphatic rings.